The van der Waals surface area contributed by atoms with Crippen LogP contribution in [0.5, 0.6) is 0 Å². The molecular formula is C10H17N3O3S. The van der Waals surface area contributed by atoms with Gasteiger partial charge >= 0.3 is 0 Å². The number of nitrogens with zero attached hydrogens (tertiary/aromatic N) is 2. The molecule has 1 aliphatic rings. The predicted molar refractivity (Wildman–Crippen MR) is 61.7 cm³/mol. The van der Waals surface area contributed by atoms with Gasteiger partial charge in [0.05, 0.1) is 12.8 Å². The van der Waals surface area contributed by atoms with Crippen molar-refractivity contribution in [2.75, 3.05) is 6.54 Å². The summed E-state index contributed by atoms with van der Waals surface area (Å²) in [5, 5.41) is 15.3. The average molecular weight is 259 g/mol. The van der Waals surface area contributed by atoms with Crippen molar-refractivity contribution in [2.24, 2.45) is 0 Å². The van der Waals surface area contributed by atoms with Gasteiger partial charge in [0.1, 0.15) is 0 Å². The van der Waals surface area contributed by atoms with Crippen molar-refractivity contribution in [3.05, 3.63) is 11.8 Å². The van der Waals surface area contributed by atoms with E-state index in [2.05, 4.69) is 10.2 Å². The van der Waals surface area contributed by atoms with Crippen molar-refractivity contribution in [1.82, 2.24) is 14.5 Å². The monoisotopic (exact) mass is 259 g/mol. The Kier molecular flexibility index (Phi) is 3.50. The van der Waals surface area contributed by atoms with Gasteiger partial charge in [-0.05, 0) is 19.3 Å². The molecule has 0 spiro atoms. The Morgan fingerprint density at radius 3 is 3.06 bits per heavy atom. The zero-order chi connectivity index (χ0) is 12.5. The molecular weight excluding hydrogens is 242 g/mol. The second kappa shape index (κ2) is 4.75. The van der Waals surface area contributed by atoms with Crippen LogP contribution in [0.4, 0.5) is 0 Å². The Balaban J connectivity index is 2.36. The second-order valence-corrected chi connectivity index (χ2v) is 6.03. The molecule has 0 aromatic carbocycles. The largest absolute Gasteiger partial charge is 0.392 e. The molecule has 1 unspecified atom stereocenters. The van der Waals surface area contributed by atoms with Crippen LogP contribution in [0.2, 0.25) is 0 Å². The number of nitrogens with one attached hydrogen (secondary N) is 1. The summed E-state index contributed by atoms with van der Waals surface area (Å²) in [6.45, 7) is 2.21. The molecule has 1 atom stereocenters. The van der Waals surface area contributed by atoms with Crippen LogP contribution >= 0.6 is 0 Å². The van der Waals surface area contributed by atoms with Crippen LogP contribution in [-0.4, -0.2) is 40.6 Å². The molecule has 1 fully saturated rings. The molecule has 0 amide bonds. The van der Waals surface area contributed by atoms with E-state index < -0.39 is 10.0 Å². The van der Waals surface area contributed by atoms with Gasteiger partial charge in [-0.3, -0.25) is 5.10 Å². The van der Waals surface area contributed by atoms with Crippen LogP contribution in [0.1, 0.15) is 31.7 Å². The zero-order valence-corrected chi connectivity index (χ0v) is 10.6. The fourth-order valence-electron chi connectivity index (χ4n) is 2.29. The Hall–Kier alpha value is -0.920. The molecule has 2 heterocycles. The molecule has 17 heavy (non-hydrogen) atoms. The second-order valence-electron chi connectivity index (χ2n) is 4.20. The average Bonchev–Trinajstić information content (AvgIpc) is 2.97. The molecule has 1 saturated heterocycles. The number of aliphatic hydroxyl groups excluding tert-OH is 1. The molecule has 0 radical (unpaired) electrons. The minimum atomic E-state index is -3.54. The fourth-order valence-corrected chi connectivity index (χ4v) is 4.15. The van der Waals surface area contributed by atoms with Crippen molar-refractivity contribution >= 4 is 10.0 Å². The zero-order valence-electron chi connectivity index (χ0n) is 9.76. The van der Waals surface area contributed by atoms with E-state index in [9.17, 15) is 8.42 Å². The number of sulfonamides is 1. The standard InChI is InChI=1S/C10H17N3O3S/c1-2-9-4-3-5-13(9)17(15,16)10-8(7-14)6-11-12-10/h6,9,14H,2-5,7H2,1H3,(H,11,12). The summed E-state index contributed by atoms with van der Waals surface area (Å²) in [5.74, 6) is 0. The Labute approximate surface area is 101 Å². The maximum absolute atomic E-state index is 12.4. The highest BCUT2D eigenvalue weighted by atomic mass is 32.2. The molecule has 0 aliphatic carbocycles. The third-order valence-electron chi connectivity index (χ3n) is 3.21. The lowest BCUT2D eigenvalue weighted by Gasteiger charge is -2.22. The van der Waals surface area contributed by atoms with E-state index >= 15 is 0 Å². The fraction of sp³-hybridized carbons (Fsp3) is 0.700. The topological polar surface area (TPSA) is 86.3 Å². The summed E-state index contributed by atoms with van der Waals surface area (Å²) < 4.78 is 26.3. The highest BCUT2D eigenvalue weighted by Crippen LogP contribution is 2.28. The lowest BCUT2D eigenvalue weighted by molar-refractivity contribution is 0.277. The predicted octanol–water partition coefficient (Wildman–Crippen LogP) is 0.465. The number of H-pyrrole nitrogens is 1. The van der Waals surface area contributed by atoms with Crippen molar-refractivity contribution in [3.8, 4) is 0 Å². The lowest BCUT2D eigenvalue weighted by Crippen LogP contribution is -2.35. The third-order valence-corrected chi connectivity index (χ3v) is 5.18. The molecule has 1 aromatic rings. The van der Waals surface area contributed by atoms with E-state index in [1.807, 2.05) is 6.92 Å². The van der Waals surface area contributed by atoms with E-state index in [1.165, 1.54) is 10.5 Å². The van der Waals surface area contributed by atoms with Gasteiger partial charge in [-0.25, -0.2) is 8.42 Å². The number of aromatic nitrogens is 2. The highest BCUT2D eigenvalue weighted by molar-refractivity contribution is 7.89. The molecule has 1 aliphatic heterocycles. The molecule has 2 rings (SSSR count). The Bertz CT molecular complexity index is 483. The Morgan fingerprint density at radius 1 is 1.65 bits per heavy atom. The first-order chi connectivity index (χ1) is 8.11. The van der Waals surface area contributed by atoms with Gasteiger partial charge < -0.3 is 5.11 Å². The van der Waals surface area contributed by atoms with Gasteiger partial charge in [0.2, 0.25) is 0 Å². The first-order valence-electron chi connectivity index (χ1n) is 5.76. The van der Waals surface area contributed by atoms with Gasteiger partial charge in [0.25, 0.3) is 10.0 Å². The molecule has 7 heteroatoms. The minimum Gasteiger partial charge on any atom is -0.392 e. The lowest BCUT2D eigenvalue weighted by atomic mass is 10.2. The molecule has 0 bridgehead atoms. The number of hydrogen-bond donors (Lipinski definition) is 2. The van der Waals surface area contributed by atoms with Crippen molar-refractivity contribution < 1.29 is 13.5 Å². The molecule has 6 nitrogen and oxygen atoms in total. The van der Waals surface area contributed by atoms with Crippen LogP contribution in [0.25, 0.3) is 0 Å². The van der Waals surface area contributed by atoms with Crippen molar-refractivity contribution in [1.29, 1.82) is 0 Å². The SMILES string of the molecule is CCC1CCCN1S(=O)(=O)c1[nH]ncc1CO. The maximum Gasteiger partial charge on any atom is 0.260 e. The maximum atomic E-state index is 12.4. The van der Waals surface area contributed by atoms with E-state index in [0.717, 1.165) is 19.3 Å². The summed E-state index contributed by atoms with van der Waals surface area (Å²) in [6, 6.07) is 0.0647. The quantitative estimate of drug-likeness (QED) is 0.822. The first-order valence-corrected chi connectivity index (χ1v) is 7.20. The van der Waals surface area contributed by atoms with Gasteiger partial charge in [0, 0.05) is 18.2 Å². The van der Waals surface area contributed by atoms with E-state index in [-0.39, 0.29) is 17.7 Å². The number of hydrogen-bond acceptors (Lipinski definition) is 4. The summed E-state index contributed by atoms with van der Waals surface area (Å²) >= 11 is 0. The third kappa shape index (κ3) is 2.10. The van der Waals surface area contributed by atoms with Gasteiger partial charge in [-0.1, -0.05) is 6.92 Å². The summed E-state index contributed by atoms with van der Waals surface area (Å²) in [4.78, 5) is 0. The van der Waals surface area contributed by atoms with Crippen LogP contribution in [-0.2, 0) is 16.6 Å². The smallest absolute Gasteiger partial charge is 0.260 e. The van der Waals surface area contributed by atoms with Crippen LogP contribution in [0.3, 0.4) is 0 Å². The normalized spacial score (nSPS) is 22.1. The van der Waals surface area contributed by atoms with Gasteiger partial charge in [-0.2, -0.15) is 9.40 Å². The van der Waals surface area contributed by atoms with Gasteiger partial charge in [0.15, 0.2) is 5.03 Å². The van der Waals surface area contributed by atoms with Gasteiger partial charge in [-0.15, -0.1) is 0 Å². The number of aliphatic hydroxyl groups is 1. The number of aromatic amines is 1. The van der Waals surface area contributed by atoms with Crippen molar-refractivity contribution in [3.63, 3.8) is 0 Å². The van der Waals surface area contributed by atoms with Crippen LogP contribution in [0.15, 0.2) is 11.2 Å². The molecule has 2 N–H and O–H groups in total. The Morgan fingerprint density at radius 2 is 2.41 bits per heavy atom. The van der Waals surface area contributed by atoms with E-state index in [0.29, 0.717) is 12.1 Å². The summed E-state index contributed by atoms with van der Waals surface area (Å²) in [5.41, 5.74) is 0.326. The minimum absolute atomic E-state index is 0.0281. The van der Waals surface area contributed by atoms with E-state index in [1.54, 1.807) is 0 Å². The highest BCUT2D eigenvalue weighted by Gasteiger charge is 2.36. The molecule has 96 valence electrons. The molecule has 1 aromatic heterocycles. The molecule has 0 saturated carbocycles. The number of rotatable bonds is 4. The van der Waals surface area contributed by atoms with E-state index in [4.69, 9.17) is 5.11 Å². The summed E-state index contributed by atoms with van der Waals surface area (Å²) in [7, 11) is -3.54. The van der Waals surface area contributed by atoms with Crippen molar-refractivity contribution in [2.45, 2.75) is 43.9 Å². The van der Waals surface area contributed by atoms with Crippen LogP contribution < -0.4 is 0 Å². The summed E-state index contributed by atoms with van der Waals surface area (Å²) in [6.07, 6.45) is 3.95. The first kappa shape index (κ1) is 12.5. The van der Waals surface area contributed by atoms with Crippen LogP contribution in [0, 0.1) is 0 Å².